The summed E-state index contributed by atoms with van der Waals surface area (Å²) in [7, 11) is -3.67. The van der Waals surface area contributed by atoms with Gasteiger partial charge in [0.25, 0.3) is 0 Å². The highest BCUT2D eigenvalue weighted by Gasteiger charge is 2.26. The molecule has 5 heteroatoms. The second kappa shape index (κ2) is 5.82. The van der Waals surface area contributed by atoms with Gasteiger partial charge in [-0.1, -0.05) is 24.3 Å². The number of benzene rings is 2. The topological polar surface area (TPSA) is 46.2 Å². The van der Waals surface area contributed by atoms with Crippen LogP contribution in [0.25, 0.3) is 0 Å². The summed E-state index contributed by atoms with van der Waals surface area (Å²) in [5, 5.41) is 0. The fourth-order valence-electron chi connectivity index (χ4n) is 3.04. The third-order valence-electron chi connectivity index (χ3n) is 4.09. The number of sulfonamides is 1. The van der Waals surface area contributed by atoms with Crippen molar-refractivity contribution in [1.29, 1.82) is 0 Å². The Morgan fingerprint density at radius 3 is 2.73 bits per heavy atom. The molecule has 1 aliphatic carbocycles. The summed E-state index contributed by atoms with van der Waals surface area (Å²) in [6.07, 6.45) is 2.70. The highest BCUT2D eigenvalue weighted by molar-refractivity contribution is 7.89. The van der Waals surface area contributed by atoms with Crippen LogP contribution in [0.1, 0.15) is 35.6 Å². The van der Waals surface area contributed by atoms with E-state index in [1.807, 2.05) is 24.3 Å². The zero-order valence-corrected chi connectivity index (χ0v) is 13.2. The molecule has 2 aromatic rings. The quantitative estimate of drug-likeness (QED) is 0.941. The van der Waals surface area contributed by atoms with Crippen molar-refractivity contribution in [1.82, 2.24) is 4.72 Å². The molecular weight excluding hydrogens is 301 g/mol. The normalized spacial score (nSPS) is 18.0. The summed E-state index contributed by atoms with van der Waals surface area (Å²) >= 11 is 0. The standard InChI is InChI=1S/C17H18FNO2S/c1-12-11-14(18)9-10-17(12)22(20,21)19-16-8-4-6-13-5-2-3-7-15(13)16/h2-3,5,7,9-11,16,19H,4,6,8H2,1H3/t16-/m1/s1. The van der Waals surface area contributed by atoms with Crippen LogP contribution in [-0.4, -0.2) is 8.42 Å². The lowest BCUT2D eigenvalue weighted by atomic mass is 9.88. The summed E-state index contributed by atoms with van der Waals surface area (Å²) < 4.78 is 41.2. The fourth-order valence-corrected chi connectivity index (χ4v) is 4.52. The molecule has 0 spiro atoms. The summed E-state index contributed by atoms with van der Waals surface area (Å²) in [4.78, 5) is 0.136. The average molecular weight is 319 g/mol. The first-order valence-electron chi connectivity index (χ1n) is 7.34. The number of fused-ring (bicyclic) bond motifs is 1. The molecule has 0 saturated carbocycles. The van der Waals surface area contributed by atoms with Crippen LogP contribution in [0, 0.1) is 12.7 Å². The number of aryl methyl sites for hydroxylation is 2. The summed E-state index contributed by atoms with van der Waals surface area (Å²) in [5.41, 5.74) is 2.64. The molecule has 1 N–H and O–H groups in total. The van der Waals surface area contributed by atoms with Crippen molar-refractivity contribution < 1.29 is 12.8 Å². The molecule has 0 radical (unpaired) electrons. The van der Waals surface area contributed by atoms with Gasteiger partial charge in [0.05, 0.1) is 4.90 Å². The van der Waals surface area contributed by atoms with Crippen LogP contribution in [-0.2, 0) is 16.4 Å². The third-order valence-corrected chi connectivity index (χ3v) is 5.73. The van der Waals surface area contributed by atoms with Gasteiger partial charge in [0.1, 0.15) is 5.82 Å². The lowest BCUT2D eigenvalue weighted by Crippen LogP contribution is -2.31. The molecule has 1 aliphatic rings. The van der Waals surface area contributed by atoms with Gasteiger partial charge in [0.15, 0.2) is 0 Å². The van der Waals surface area contributed by atoms with Crippen molar-refractivity contribution in [3.8, 4) is 0 Å². The number of nitrogens with one attached hydrogen (secondary N) is 1. The minimum Gasteiger partial charge on any atom is -0.207 e. The smallest absolute Gasteiger partial charge is 0.207 e. The molecule has 0 fully saturated rings. The van der Waals surface area contributed by atoms with Gasteiger partial charge in [-0.15, -0.1) is 0 Å². The first-order valence-corrected chi connectivity index (χ1v) is 8.82. The van der Waals surface area contributed by atoms with Gasteiger partial charge in [-0.25, -0.2) is 17.5 Å². The monoisotopic (exact) mass is 319 g/mol. The fraction of sp³-hybridized carbons (Fsp3) is 0.294. The molecule has 116 valence electrons. The van der Waals surface area contributed by atoms with E-state index in [9.17, 15) is 12.8 Å². The second-order valence-electron chi connectivity index (χ2n) is 5.67. The van der Waals surface area contributed by atoms with Crippen molar-refractivity contribution >= 4 is 10.0 Å². The Morgan fingerprint density at radius 1 is 1.18 bits per heavy atom. The van der Waals surface area contributed by atoms with Crippen LogP contribution in [0.4, 0.5) is 4.39 Å². The first-order chi connectivity index (χ1) is 10.5. The molecular formula is C17H18FNO2S. The van der Waals surface area contributed by atoms with Gasteiger partial charge in [-0.3, -0.25) is 0 Å². The van der Waals surface area contributed by atoms with Gasteiger partial charge in [-0.2, -0.15) is 0 Å². The summed E-state index contributed by atoms with van der Waals surface area (Å²) in [6.45, 7) is 1.60. The van der Waals surface area contributed by atoms with E-state index in [-0.39, 0.29) is 10.9 Å². The molecule has 0 saturated heterocycles. The molecule has 0 bridgehead atoms. The minimum absolute atomic E-state index is 0.136. The van der Waals surface area contributed by atoms with Gasteiger partial charge < -0.3 is 0 Å². The van der Waals surface area contributed by atoms with Gasteiger partial charge in [0.2, 0.25) is 10.0 Å². The first kappa shape index (κ1) is 15.2. The lowest BCUT2D eigenvalue weighted by molar-refractivity contribution is 0.507. The molecule has 3 rings (SSSR count). The van der Waals surface area contributed by atoms with E-state index in [0.717, 1.165) is 24.8 Å². The Balaban J connectivity index is 1.93. The minimum atomic E-state index is -3.67. The van der Waals surface area contributed by atoms with Crippen molar-refractivity contribution in [3.05, 3.63) is 65.0 Å². The Bertz CT molecular complexity index is 802. The molecule has 22 heavy (non-hydrogen) atoms. The summed E-state index contributed by atoms with van der Waals surface area (Å²) in [5.74, 6) is -0.431. The molecule has 2 aromatic carbocycles. The Kier molecular flexibility index (Phi) is 4.02. The van der Waals surface area contributed by atoms with Gasteiger partial charge >= 0.3 is 0 Å². The van der Waals surface area contributed by atoms with Crippen LogP contribution >= 0.6 is 0 Å². The van der Waals surface area contributed by atoms with Crippen molar-refractivity contribution in [2.24, 2.45) is 0 Å². The van der Waals surface area contributed by atoms with Crippen molar-refractivity contribution in [2.75, 3.05) is 0 Å². The van der Waals surface area contributed by atoms with E-state index in [0.29, 0.717) is 5.56 Å². The van der Waals surface area contributed by atoms with Crippen molar-refractivity contribution in [3.63, 3.8) is 0 Å². The number of rotatable bonds is 3. The molecule has 0 unspecified atom stereocenters. The van der Waals surface area contributed by atoms with E-state index >= 15 is 0 Å². The van der Waals surface area contributed by atoms with Crippen LogP contribution in [0.15, 0.2) is 47.4 Å². The van der Waals surface area contributed by atoms with Crippen LogP contribution in [0.2, 0.25) is 0 Å². The van der Waals surface area contributed by atoms with E-state index in [1.165, 1.54) is 23.8 Å². The van der Waals surface area contributed by atoms with Crippen LogP contribution in [0.3, 0.4) is 0 Å². The van der Waals surface area contributed by atoms with E-state index in [2.05, 4.69) is 4.72 Å². The molecule has 1 atom stereocenters. The highest BCUT2D eigenvalue weighted by atomic mass is 32.2. The maximum absolute atomic E-state index is 13.2. The SMILES string of the molecule is Cc1cc(F)ccc1S(=O)(=O)N[C@@H]1CCCc2ccccc21. The predicted molar refractivity (Wildman–Crippen MR) is 83.6 cm³/mol. The summed E-state index contributed by atoms with van der Waals surface area (Å²) in [6, 6.07) is 11.4. The average Bonchev–Trinajstić information content (AvgIpc) is 2.47. The Labute approximate surface area is 130 Å². The third kappa shape index (κ3) is 2.91. The molecule has 3 nitrogen and oxygen atoms in total. The van der Waals surface area contributed by atoms with Crippen molar-refractivity contribution in [2.45, 2.75) is 37.1 Å². The Hall–Kier alpha value is -1.72. The highest BCUT2D eigenvalue weighted by Crippen LogP contribution is 2.31. The molecule has 0 aromatic heterocycles. The zero-order chi connectivity index (χ0) is 15.7. The van der Waals surface area contributed by atoms with Gasteiger partial charge in [0, 0.05) is 6.04 Å². The zero-order valence-electron chi connectivity index (χ0n) is 12.3. The second-order valence-corrected chi connectivity index (χ2v) is 7.36. The molecule has 0 amide bonds. The van der Waals surface area contributed by atoms with Crippen LogP contribution in [0.5, 0.6) is 0 Å². The van der Waals surface area contributed by atoms with E-state index < -0.39 is 15.8 Å². The van der Waals surface area contributed by atoms with E-state index in [4.69, 9.17) is 0 Å². The van der Waals surface area contributed by atoms with E-state index in [1.54, 1.807) is 6.92 Å². The van der Waals surface area contributed by atoms with Crippen LogP contribution < -0.4 is 4.72 Å². The number of halogens is 1. The maximum Gasteiger partial charge on any atom is 0.241 e. The Morgan fingerprint density at radius 2 is 1.95 bits per heavy atom. The van der Waals surface area contributed by atoms with Gasteiger partial charge in [-0.05, 0) is 61.1 Å². The predicted octanol–water partition coefficient (Wildman–Crippen LogP) is 3.49. The lowest BCUT2D eigenvalue weighted by Gasteiger charge is -2.26. The maximum atomic E-state index is 13.2. The molecule has 0 aliphatic heterocycles. The largest absolute Gasteiger partial charge is 0.241 e. The number of hydrogen-bond donors (Lipinski definition) is 1. The number of hydrogen-bond acceptors (Lipinski definition) is 2. The molecule has 0 heterocycles.